The van der Waals surface area contributed by atoms with Crippen molar-refractivity contribution >= 4 is 29.1 Å². The fourth-order valence-corrected chi connectivity index (χ4v) is 3.80. The third kappa shape index (κ3) is 5.31. The molecule has 7 nitrogen and oxygen atoms in total. The van der Waals surface area contributed by atoms with E-state index in [0.717, 1.165) is 23.2 Å². The van der Waals surface area contributed by atoms with Gasteiger partial charge >= 0.3 is 12.1 Å². The maximum absolute atomic E-state index is 13.1. The highest BCUT2D eigenvalue weighted by Gasteiger charge is 2.27. The van der Waals surface area contributed by atoms with Gasteiger partial charge in [-0.2, -0.15) is 5.26 Å². The predicted octanol–water partition coefficient (Wildman–Crippen LogP) is 5.34. The van der Waals surface area contributed by atoms with E-state index in [0.29, 0.717) is 36.6 Å². The van der Waals surface area contributed by atoms with Gasteiger partial charge in [0.05, 0.1) is 11.6 Å². The molecule has 0 aromatic heterocycles. The van der Waals surface area contributed by atoms with Crippen molar-refractivity contribution in [2.24, 2.45) is 0 Å². The van der Waals surface area contributed by atoms with Crippen LogP contribution in [0.15, 0.2) is 72.8 Å². The van der Waals surface area contributed by atoms with Crippen LogP contribution in [0, 0.1) is 18.3 Å². The molecular weight excluding hydrogens is 414 g/mol. The van der Waals surface area contributed by atoms with Gasteiger partial charge in [0.2, 0.25) is 0 Å². The largest absolute Gasteiger partial charge is 0.324 e. The molecule has 0 saturated carbocycles. The molecule has 0 aliphatic carbocycles. The van der Waals surface area contributed by atoms with Crippen molar-refractivity contribution in [1.29, 1.82) is 5.26 Å². The summed E-state index contributed by atoms with van der Waals surface area (Å²) in [6, 6.07) is 23.9. The summed E-state index contributed by atoms with van der Waals surface area (Å²) in [6.07, 6.45) is 0.833. The first-order valence-corrected chi connectivity index (χ1v) is 10.8. The average Bonchev–Trinajstić information content (AvgIpc) is 2.83. The Morgan fingerprint density at radius 1 is 0.939 bits per heavy atom. The topological polar surface area (TPSA) is 88.5 Å². The summed E-state index contributed by atoms with van der Waals surface area (Å²) in [5.41, 5.74) is 4.66. The van der Waals surface area contributed by atoms with Gasteiger partial charge in [-0.25, -0.2) is 9.59 Å². The maximum Gasteiger partial charge on any atom is 0.324 e. The number of carbonyl (C=O) groups is 2. The number of nitrogens with zero attached hydrogens (tertiary/aromatic N) is 3. The molecule has 3 aromatic rings. The first kappa shape index (κ1) is 21.9. The fourth-order valence-electron chi connectivity index (χ4n) is 3.80. The van der Waals surface area contributed by atoms with Crippen LogP contribution >= 0.6 is 0 Å². The van der Waals surface area contributed by atoms with Crippen LogP contribution in [-0.2, 0) is 6.54 Å². The van der Waals surface area contributed by atoms with Gasteiger partial charge in [-0.15, -0.1) is 0 Å². The molecule has 0 unspecified atom stereocenters. The Morgan fingerprint density at radius 3 is 2.24 bits per heavy atom. The zero-order chi connectivity index (χ0) is 23.2. The van der Waals surface area contributed by atoms with Crippen LogP contribution in [-0.4, -0.2) is 30.1 Å². The average molecular weight is 440 g/mol. The summed E-state index contributed by atoms with van der Waals surface area (Å²) in [5, 5.41) is 14.9. The third-order valence-corrected chi connectivity index (χ3v) is 5.56. The molecule has 1 saturated heterocycles. The molecule has 166 valence electrons. The minimum Gasteiger partial charge on any atom is -0.320 e. The molecule has 0 spiro atoms. The number of anilines is 3. The lowest BCUT2D eigenvalue weighted by atomic mass is 10.1. The molecule has 1 aliphatic rings. The second kappa shape index (κ2) is 9.88. The molecule has 33 heavy (non-hydrogen) atoms. The van der Waals surface area contributed by atoms with Gasteiger partial charge in [-0.1, -0.05) is 35.9 Å². The van der Waals surface area contributed by atoms with E-state index in [9.17, 15) is 14.9 Å². The van der Waals surface area contributed by atoms with E-state index in [1.54, 1.807) is 28.0 Å². The van der Waals surface area contributed by atoms with E-state index in [1.807, 2.05) is 61.5 Å². The summed E-state index contributed by atoms with van der Waals surface area (Å²) in [4.78, 5) is 28.9. The molecule has 4 rings (SSSR count). The number of hydrogen-bond donors (Lipinski definition) is 2. The number of hydrogen-bond acceptors (Lipinski definition) is 3. The van der Waals surface area contributed by atoms with Gasteiger partial charge in [0.15, 0.2) is 0 Å². The first-order chi connectivity index (χ1) is 16.0. The number of carbonyl (C=O) groups excluding carboxylic acids is 2. The van der Waals surface area contributed by atoms with Crippen molar-refractivity contribution in [3.05, 3.63) is 89.5 Å². The summed E-state index contributed by atoms with van der Waals surface area (Å²) in [5.74, 6) is 0. The van der Waals surface area contributed by atoms with Crippen LogP contribution in [0.2, 0.25) is 0 Å². The van der Waals surface area contributed by atoms with Gasteiger partial charge in [0.1, 0.15) is 0 Å². The van der Waals surface area contributed by atoms with E-state index in [4.69, 9.17) is 0 Å². The minimum atomic E-state index is -0.331. The van der Waals surface area contributed by atoms with Crippen molar-refractivity contribution in [2.45, 2.75) is 19.9 Å². The van der Waals surface area contributed by atoms with Crippen molar-refractivity contribution < 1.29 is 9.59 Å². The summed E-state index contributed by atoms with van der Waals surface area (Å²) in [7, 11) is 0. The van der Waals surface area contributed by atoms with E-state index in [-0.39, 0.29) is 12.1 Å². The second-order valence-electron chi connectivity index (χ2n) is 7.97. The molecule has 7 heteroatoms. The van der Waals surface area contributed by atoms with Crippen LogP contribution in [0.4, 0.5) is 26.7 Å². The Kier molecular flexibility index (Phi) is 6.56. The Hall–Kier alpha value is -4.31. The number of nitriles is 1. The SMILES string of the molecule is Cc1ccc(NC(=O)Nc2ccc(N3CCCN(Cc4ccccc4C#N)C3=O)cc2)cc1. The van der Waals surface area contributed by atoms with Crippen molar-refractivity contribution in [3.8, 4) is 6.07 Å². The predicted molar refractivity (Wildman–Crippen MR) is 129 cm³/mol. The Labute approximate surface area is 193 Å². The zero-order valence-corrected chi connectivity index (χ0v) is 18.4. The van der Waals surface area contributed by atoms with Gasteiger partial charge < -0.3 is 15.5 Å². The lowest BCUT2D eigenvalue weighted by Gasteiger charge is -2.36. The minimum absolute atomic E-state index is 0.0909. The van der Waals surface area contributed by atoms with Gasteiger partial charge in [0, 0.05) is 36.7 Å². The molecule has 4 amide bonds. The highest BCUT2D eigenvalue weighted by atomic mass is 16.2. The number of benzene rings is 3. The molecule has 1 fully saturated rings. The van der Waals surface area contributed by atoms with Crippen LogP contribution in [0.1, 0.15) is 23.1 Å². The molecule has 0 radical (unpaired) electrons. The number of urea groups is 2. The quantitative estimate of drug-likeness (QED) is 0.562. The fraction of sp³-hybridized carbons (Fsp3) is 0.192. The van der Waals surface area contributed by atoms with Gasteiger partial charge in [0.25, 0.3) is 0 Å². The number of nitrogens with one attached hydrogen (secondary N) is 2. The van der Waals surface area contributed by atoms with E-state index in [1.165, 1.54) is 0 Å². The highest BCUT2D eigenvalue weighted by molar-refractivity contribution is 6.00. The van der Waals surface area contributed by atoms with Crippen molar-refractivity contribution in [3.63, 3.8) is 0 Å². The van der Waals surface area contributed by atoms with Crippen LogP contribution in [0.25, 0.3) is 0 Å². The number of aryl methyl sites for hydroxylation is 1. The standard InChI is InChI=1S/C26H25N5O2/c1-19-7-9-22(10-8-19)28-25(32)29-23-11-13-24(14-12-23)31-16-4-15-30(26(31)33)18-21-6-3-2-5-20(21)17-27/h2-3,5-14H,4,15-16,18H2,1H3,(H2,28,29,32). The van der Waals surface area contributed by atoms with Crippen molar-refractivity contribution in [2.75, 3.05) is 28.6 Å². The van der Waals surface area contributed by atoms with Crippen LogP contribution < -0.4 is 15.5 Å². The molecule has 2 N–H and O–H groups in total. The zero-order valence-electron chi connectivity index (χ0n) is 18.4. The first-order valence-electron chi connectivity index (χ1n) is 10.8. The Bertz CT molecular complexity index is 1180. The molecule has 1 aliphatic heterocycles. The lowest BCUT2D eigenvalue weighted by molar-refractivity contribution is 0.192. The summed E-state index contributed by atoms with van der Waals surface area (Å²) >= 11 is 0. The number of rotatable bonds is 5. The number of amides is 4. The van der Waals surface area contributed by atoms with Crippen molar-refractivity contribution in [1.82, 2.24) is 4.90 Å². The summed E-state index contributed by atoms with van der Waals surface area (Å²) < 4.78 is 0. The Morgan fingerprint density at radius 2 is 1.58 bits per heavy atom. The lowest BCUT2D eigenvalue weighted by Crippen LogP contribution is -2.49. The highest BCUT2D eigenvalue weighted by Crippen LogP contribution is 2.24. The van der Waals surface area contributed by atoms with Crippen LogP contribution in [0.5, 0.6) is 0 Å². The maximum atomic E-state index is 13.1. The normalized spacial score (nSPS) is 13.4. The van der Waals surface area contributed by atoms with Gasteiger partial charge in [-0.05, 0) is 61.4 Å². The van der Waals surface area contributed by atoms with E-state index < -0.39 is 0 Å². The smallest absolute Gasteiger partial charge is 0.320 e. The molecule has 0 bridgehead atoms. The third-order valence-electron chi connectivity index (χ3n) is 5.56. The van der Waals surface area contributed by atoms with E-state index >= 15 is 0 Å². The van der Waals surface area contributed by atoms with Gasteiger partial charge in [-0.3, -0.25) is 4.90 Å². The monoisotopic (exact) mass is 439 g/mol. The molecule has 3 aromatic carbocycles. The summed E-state index contributed by atoms with van der Waals surface area (Å²) in [6.45, 7) is 3.66. The molecule has 1 heterocycles. The molecular formula is C26H25N5O2. The Balaban J connectivity index is 1.39. The molecule has 0 atom stereocenters. The van der Waals surface area contributed by atoms with Crippen LogP contribution in [0.3, 0.4) is 0 Å². The van der Waals surface area contributed by atoms with E-state index in [2.05, 4.69) is 16.7 Å². The second-order valence-corrected chi connectivity index (χ2v) is 7.97.